The van der Waals surface area contributed by atoms with Gasteiger partial charge in [0.15, 0.2) is 11.4 Å². The minimum absolute atomic E-state index is 0.133. The van der Waals surface area contributed by atoms with Gasteiger partial charge in [-0.25, -0.2) is 9.98 Å². The molecule has 0 radical (unpaired) electrons. The van der Waals surface area contributed by atoms with Crippen molar-refractivity contribution in [2.24, 2.45) is 9.98 Å². The molecular formula is C22H24N4O6. The van der Waals surface area contributed by atoms with Crippen LogP contribution in [0, 0.1) is 22.7 Å². The van der Waals surface area contributed by atoms with Crippen LogP contribution in [0.2, 0.25) is 0 Å². The number of nitrogens with zero attached hydrogens (tertiary/aromatic N) is 4. The zero-order chi connectivity index (χ0) is 24.5. The summed E-state index contributed by atoms with van der Waals surface area (Å²) in [6.07, 6.45) is 2.30. The highest BCUT2D eigenvalue weighted by Gasteiger charge is 2.06. The van der Waals surface area contributed by atoms with Gasteiger partial charge < -0.3 is 30.6 Å². The largest absolute Gasteiger partial charge is 0.508 e. The van der Waals surface area contributed by atoms with Crippen LogP contribution in [0.3, 0.4) is 0 Å². The van der Waals surface area contributed by atoms with Gasteiger partial charge in [0, 0.05) is 48.9 Å². The van der Waals surface area contributed by atoms with Crippen molar-refractivity contribution in [3.8, 4) is 35.1 Å². The van der Waals surface area contributed by atoms with Crippen molar-refractivity contribution in [3.63, 3.8) is 0 Å². The molecule has 0 aliphatic carbocycles. The van der Waals surface area contributed by atoms with E-state index in [1.807, 2.05) is 0 Å². The molecule has 0 spiro atoms. The number of benzene rings is 2. The van der Waals surface area contributed by atoms with Gasteiger partial charge in [-0.2, -0.15) is 10.5 Å². The third-order valence-electron chi connectivity index (χ3n) is 3.13. The first kappa shape index (κ1) is 27.6. The van der Waals surface area contributed by atoms with Crippen molar-refractivity contribution in [1.29, 1.82) is 10.5 Å². The van der Waals surface area contributed by atoms with Gasteiger partial charge in [0.1, 0.15) is 35.1 Å². The smallest absolute Gasteiger partial charge is 0.176 e. The second-order valence-electron chi connectivity index (χ2n) is 5.56. The molecule has 6 N–H and O–H groups in total. The zero-order valence-electron chi connectivity index (χ0n) is 17.5. The topological polar surface area (TPSA) is 194 Å². The fourth-order valence-corrected chi connectivity index (χ4v) is 1.84. The molecule has 0 aliphatic heterocycles. The first-order valence-electron chi connectivity index (χ1n) is 9.16. The molecule has 0 saturated heterocycles. The quantitative estimate of drug-likeness (QED) is 0.308. The maximum absolute atomic E-state index is 9.68. The van der Waals surface area contributed by atoms with Crippen molar-refractivity contribution in [2.75, 3.05) is 13.2 Å². The van der Waals surface area contributed by atoms with E-state index in [-0.39, 0.29) is 58.7 Å². The van der Waals surface area contributed by atoms with E-state index >= 15 is 0 Å². The molecule has 10 heteroatoms. The molecule has 168 valence electrons. The highest BCUT2D eigenvalue weighted by molar-refractivity contribution is 5.86. The molecule has 0 unspecified atom stereocenters. The number of phenolic OH excluding ortho intramolecular Hbond substituents is 4. The van der Waals surface area contributed by atoms with E-state index in [0.29, 0.717) is 0 Å². The number of nitriles is 2. The van der Waals surface area contributed by atoms with Crippen LogP contribution in [0.4, 0.5) is 0 Å². The number of aliphatic hydroxyl groups is 2. The minimum Gasteiger partial charge on any atom is -0.508 e. The number of aromatic hydroxyl groups is 4. The summed E-state index contributed by atoms with van der Waals surface area (Å²) in [5, 5.41) is 71.3. The lowest BCUT2D eigenvalue weighted by Crippen LogP contribution is -1.89. The predicted octanol–water partition coefficient (Wildman–Crippen LogP) is 2.30. The molecule has 0 saturated carbocycles. The highest BCUT2D eigenvalue weighted by Crippen LogP contribution is 2.22. The Morgan fingerprint density at radius 2 is 1.06 bits per heavy atom. The van der Waals surface area contributed by atoms with Gasteiger partial charge in [0.2, 0.25) is 0 Å². The Morgan fingerprint density at radius 3 is 1.31 bits per heavy atom. The Hall–Kier alpha value is -4.38. The van der Waals surface area contributed by atoms with E-state index < -0.39 is 0 Å². The van der Waals surface area contributed by atoms with E-state index in [9.17, 15) is 30.9 Å². The summed E-state index contributed by atoms with van der Waals surface area (Å²) in [4.78, 5) is 7.67. The zero-order valence-corrected chi connectivity index (χ0v) is 17.5. The van der Waals surface area contributed by atoms with Crippen LogP contribution in [0.15, 0.2) is 57.8 Å². The lowest BCUT2D eigenvalue weighted by molar-refractivity contribution is 0.318. The Kier molecular flexibility index (Phi) is 13.3. The summed E-state index contributed by atoms with van der Waals surface area (Å²) >= 11 is 0. The average molecular weight is 440 g/mol. The summed E-state index contributed by atoms with van der Waals surface area (Å²) in [5.74, 6) is -0.762. The molecule has 0 heterocycles. The Bertz CT molecular complexity index is 966. The second-order valence-corrected chi connectivity index (χ2v) is 5.56. The molecule has 0 aromatic heterocycles. The first-order chi connectivity index (χ1) is 15.3. The molecule has 0 amide bonds. The Morgan fingerprint density at radius 1 is 0.750 bits per heavy atom. The number of rotatable bonds is 4. The summed E-state index contributed by atoms with van der Waals surface area (Å²) in [6, 6.07) is 11.1. The van der Waals surface area contributed by atoms with Gasteiger partial charge in [0.05, 0.1) is 0 Å². The maximum Gasteiger partial charge on any atom is 0.176 e. The van der Waals surface area contributed by atoms with Crippen LogP contribution in [-0.2, 0) is 0 Å². The summed E-state index contributed by atoms with van der Waals surface area (Å²) < 4.78 is 0. The number of aliphatic imine (C=N–C) groups is 2. The van der Waals surface area contributed by atoms with Crippen molar-refractivity contribution in [1.82, 2.24) is 0 Å². The number of allylic oxidation sites excluding steroid dienone is 2. The van der Waals surface area contributed by atoms with E-state index in [4.69, 9.17) is 10.2 Å². The third-order valence-corrected chi connectivity index (χ3v) is 3.13. The lowest BCUT2D eigenvalue weighted by Gasteiger charge is -2.00. The van der Waals surface area contributed by atoms with Crippen molar-refractivity contribution in [3.05, 3.63) is 58.9 Å². The molecule has 2 aromatic rings. The molecule has 10 nitrogen and oxygen atoms in total. The molecule has 2 aromatic carbocycles. The molecular weight excluding hydrogens is 416 g/mol. The fraction of sp³-hybridized carbons (Fsp3) is 0.182. The number of hydrogen-bond acceptors (Lipinski definition) is 10. The van der Waals surface area contributed by atoms with Crippen molar-refractivity contribution >= 4 is 12.4 Å². The monoisotopic (exact) mass is 440 g/mol. The van der Waals surface area contributed by atoms with E-state index in [0.717, 1.165) is 24.6 Å². The number of hydrogen-bond donors (Lipinski definition) is 6. The molecule has 32 heavy (non-hydrogen) atoms. The van der Waals surface area contributed by atoms with Crippen LogP contribution in [-0.4, -0.2) is 56.3 Å². The van der Waals surface area contributed by atoms with Crippen LogP contribution in [0.5, 0.6) is 23.0 Å². The van der Waals surface area contributed by atoms with Gasteiger partial charge >= 0.3 is 0 Å². The predicted molar refractivity (Wildman–Crippen MR) is 119 cm³/mol. The minimum atomic E-state index is -0.311. The Labute approximate surface area is 185 Å². The van der Waals surface area contributed by atoms with Crippen LogP contribution in [0.25, 0.3) is 0 Å². The lowest BCUT2D eigenvalue weighted by atomic mass is 10.2. The van der Waals surface area contributed by atoms with E-state index in [2.05, 4.69) is 9.98 Å². The van der Waals surface area contributed by atoms with Gasteiger partial charge in [0.25, 0.3) is 0 Å². The standard InChI is InChI=1S/C18H12N4O4.2C2H6O/c19-7-15(21-9-11-1-3-13(23)5-17(11)25)16(8-20)22-10-12-2-4-14(24)6-18(12)26;2*1-2-3/h1-6,9-10,23-26H;2*3H,2H2,1H3/b16-15-,21-9?,22-10?;;. The normalized spacial score (nSPS) is 10.8. The summed E-state index contributed by atoms with van der Waals surface area (Å²) in [6.45, 7) is 3.86. The SMILES string of the molecule is CCO.CCO.N#C/C(N=Cc1ccc(O)cc1O)=C(\C#N)N=Cc1ccc(O)cc1O. The van der Waals surface area contributed by atoms with E-state index in [1.54, 1.807) is 26.0 Å². The fourth-order valence-electron chi connectivity index (χ4n) is 1.84. The van der Waals surface area contributed by atoms with Crippen molar-refractivity contribution < 1.29 is 30.6 Å². The molecule has 2 rings (SSSR count). The van der Waals surface area contributed by atoms with Crippen LogP contribution < -0.4 is 0 Å². The maximum atomic E-state index is 9.68. The molecule has 0 atom stereocenters. The summed E-state index contributed by atoms with van der Waals surface area (Å²) in [5.41, 5.74) is -0.162. The van der Waals surface area contributed by atoms with Crippen molar-refractivity contribution in [2.45, 2.75) is 13.8 Å². The van der Waals surface area contributed by atoms with Crippen LogP contribution >= 0.6 is 0 Å². The number of aliphatic hydroxyl groups excluding tert-OH is 2. The average Bonchev–Trinajstić information content (AvgIpc) is 2.74. The van der Waals surface area contributed by atoms with Gasteiger partial charge in [-0.3, -0.25) is 0 Å². The molecule has 0 aliphatic rings. The van der Waals surface area contributed by atoms with Gasteiger partial charge in [-0.05, 0) is 38.1 Å². The second kappa shape index (κ2) is 15.5. The molecule has 0 fully saturated rings. The highest BCUT2D eigenvalue weighted by atomic mass is 16.3. The first-order valence-corrected chi connectivity index (χ1v) is 9.16. The van der Waals surface area contributed by atoms with Crippen LogP contribution in [0.1, 0.15) is 25.0 Å². The molecule has 0 bridgehead atoms. The van der Waals surface area contributed by atoms with Gasteiger partial charge in [-0.15, -0.1) is 0 Å². The number of phenols is 4. The Balaban J connectivity index is 0.00000144. The summed E-state index contributed by atoms with van der Waals surface area (Å²) in [7, 11) is 0. The van der Waals surface area contributed by atoms with E-state index in [1.165, 1.54) is 24.3 Å². The van der Waals surface area contributed by atoms with Gasteiger partial charge in [-0.1, -0.05) is 0 Å². The third kappa shape index (κ3) is 9.89.